The average molecular weight is 199 g/mol. The van der Waals surface area contributed by atoms with Gasteiger partial charge in [0.15, 0.2) is 6.29 Å². The Morgan fingerprint density at radius 3 is 2.80 bits per heavy atom. The maximum Gasteiger partial charge on any atom is 0.152 e. The van der Waals surface area contributed by atoms with Crippen molar-refractivity contribution in [2.75, 3.05) is 0 Å². The van der Waals surface area contributed by atoms with E-state index in [1.54, 1.807) is 0 Å². The molecule has 2 nitrogen and oxygen atoms in total. The van der Waals surface area contributed by atoms with E-state index in [4.69, 9.17) is 0 Å². The van der Waals surface area contributed by atoms with Gasteiger partial charge in [-0.3, -0.25) is 4.79 Å². The third kappa shape index (κ3) is 1.21. The van der Waals surface area contributed by atoms with E-state index in [0.29, 0.717) is 6.04 Å². The van der Waals surface area contributed by atoms with Crippen LogP contribution >= 0.6 is 0 Å². The molecule has 0 aliphatic heterocycles. The van der Waals surface area contributed by atoms with Crippen LogP contribution in [0.2, 0.25) is 0 Å². The van der Waals surface area contributed by atoms with Crippen molar-refractivity contribution in [1.82, 2.24) is 4.57 Å². The summed E-state index contributed by atoms with van der Waals surface area (Å²) in [6.45, 7) is 0. The van der Waals surface area contributed by atoms with Crippen molar-refractivity contribution < 1.29 is 4.79 Å². The number of aldehydes is 1. The van der Waals surface area contributed by atoms with E-state index in [1.807, 2.05) is 12.1 Å². The molecule has 0 spiro atoms. The predicted octanol–water partition coefficient (Wildman–Crippen LogP) is 3.18. The van der Waals surface area contributed by atoms with E-state index in [2.05, 4.69) is 22.9 Å². The van der Waals surface area contributed by atoms with Crippen LogP contribution in [0.15, 0.2) is 30.5 Å². The molecule has 1 aliphatic rings. The number of nitrogens with zero attached hydrogens (tertiary/aromatic N) is 1. The van der Waals surface area contributed by atoms with Crippen molar-refractivity contribution in [1.29, 1.82) is 0 Å². The number of hydrogen-bond acceptors (Lipinski definition) is 1. The summed E-state index contributed by atoms with van der Waals surface area (Å²) in [6.07, 6.45) is 6.88. The third-order valence-electron chi connectivity index (χ3n) is 3.37. The maximum atomic E-state index is 11.0. The number of rotatable bonds is 2. The molecule has 1 aromatic heterocycles. The van der Waals surface area contributed by atoms with Gasteiger partial charge in [-0.15, -0.1) is 0 Å². The SMILES string of the molecule is O=Cc1cccc2ccn(C3CCC3)c12. The van der Waals surface area contributed by atoms with Gasteiger partial charge < -0.3 is 4.57 Å². The van der Waals surface area contributed by atoms with E-state index in [0.717, 1.165) is 17.4 Å². The van der Waals surface area contributed by atoms with Crippen LogP contribution in [0.1, 0.15) is 35.7 Å². The monoisotopic (exact) mass is 199 g/mol. The molecule has 0 radical (unpaired) electrons. The number of aromatic nitrogens is 1. The van der Waals surface area contributed by atoms with Crippen molar-refractivity contribution in [3.05, 3.63) is 36.0 Å². The molecule has 1 fully saturated rings. The van der Waals surface area contributed by atoms with E-state index < -0.39 is 0 Å². The van der Waals surface area contributed by atoms with E-state index >= 15 is 0 Å². The summed E-state index contributed by atoms with van der Waals surface area (Å²) in [7, 11) is 0. The summed E-state index contributed by atoms with van der Waals surface area (Å²) >= 11 is 0. The fourth-order valence-corrected chi connectivity index (χ4v) is 2.31. The van der Waals surface area contributed by atoms with Crippen LogP contribution in [0, 0.1) is 0 Å². The second-order valence-electron chi connectivity index (χ2n) is 4.21. The Balaban J connectivity index is 2.25. The summed E-state index contributed by atoms with van der Waals surface area (Å²) in [5, 5.41) is 1.17. The lowest BCUT2D eigenvalue weighted by atomic mass is 9.92. The van der Waals surface area contributed by atoms with Gasteiger partial charge in [0, 0.05) is 23.2 Å². The van der Waals surface area contributed by atoms with Crippen LogP contribution in [0.25, 0.3) is 10.9 Å². The number of para-hydroxylation sites is 1. The molecule has 1 heterocycles. The van der Waals surface area contributed by atoms with Gasteiger partial charge in [0.2, 0.25) is 0 Å². The molecular formula is C13H13NO. The predicted molar refractivity (Wildman–Crippen MR) is 60.2 cm³/mol. The minimum absolute atomic E-state index is 0.614. The summed E-state index contributed by atoms with van der Waals surface area (Å²) in [5.41, 5.74) is 1.92. The van der Waals surface area contributed by atoms with Gasteiger partial charge >= 0.3 is 0 Å². The highest BCUT2D eigenvalue weighted by molar-refractivity contribution is 5.96. The minimum Gasteiger partial charge on any atom is -0.344 e. The number of fused-ring (bicyclic) bond motifs is 1. The van der Waals surface area contributed by atoms with Gasteiger partial charge in [-0.1, -0.05) is 12.1 Å². The molecular weight excluding hydrogens is 186 g/mol. The number of hydrogen-bond donors (Lipinski definition) is 0. The van der Waals surface area contributed by atoms with Gasteiger partial charge in [0.1, 0.15) is 0 Å². The number of carbonyl (C=O) groups is 1. The van der Waals surface area contributed by atoms with Gasteiger partial charge in [0.25, 0.3) is 0 Å². The van der Waals surface area contributed by atoms with E-state index in [1.165, 1.54) is 24.6 Å². The minimum atomic E-state index is 0.614. The Hall–Kier alpha value is -1.57. The molecule has 0 unspecified atom stereocenters. The first kappa shape index (κ1) is 8.72. The van der Waals surface area contributed by atoms with Crippen LogP contribution < -0.4 is 0 Å². The Kier molecular flexibility index (Phi) is 1.88. The van der Waals surface area contributed by atoms with E-state index in [9.17, 15) is 4.79 Å². The zero-order valence-electron chi connectivity index (χ0n) is 8.52. The highest BCUT2D eigenvalue weighted by Gasteiger charge is 2.21. The largest absolute Gasteiger partial charge is 0.344 e. The van der Waals surface area contributed by atoms with Crippen LogP contribution in [-0.2, 0) is 0 Å². The summed E-state index contributed by atoms with van der Waals surface area (Å²) in [4.78, 5) is 11.0. The lowest BCUT2D eigenvalue weighted by Gasteiger charge is -2.28. The maximum absolute atomic E-state index is 11.0. The molecule has 2 aromatic rings. The zero-order chi connectivity index (χ0) is 10.3. The lowest BCUT2D eigenvalue weighted by Crippen LogP contribution is -2.16. The fraction of sp³-hybridized carbons (Fsp3) is 0.308. The van der Waals surface area contributed by atoms with Crippen molar-refractivity contribution in [3.8, 4) is 0 Å². The first-order valence-electron chi connectivity index (χ1n) is 5.45. The van der Waals surface area contributed by atoms with Crippen molar-refractivity contribution >= 4 is 17.2 Å². The molecule has 0 amide bonds. The van der Waals surface area contributed by atoms with Crippen LogP contribution in [-0.4, -0.2) is 10.9 Å². The summed E-state index contributed by atoms with van der Waals surface area (Å²) in [6, 6.07) is 8.61. The second kappa shape index (κ2) is 3.23. The third-order valence-corrected chi connectivity index (χ3v) is 3.37. The van der Waals surface area contributed by atoms with Crippen molar-refractivity contribution in [3.63, 3.8) is 0 Å². The van der Waals surface area contributed by atoms with Gasteiger partial charge in [-0.2, -0.15) is 0 Å². The molecule has 3 rings (SSSR count). The van der Waals surface area contributed by atoms with Crippen LogP contribution in [0.5, 0.6) is 0 Å². The Bertz CT molecular complexity index is 508. The molecule has 15 heavy (non-hydrogen) atoms. The normalized spacial score (nSPS) is 16.5. The summed E-state index contributed by atoms with van der Waals surface area (Å²) in [5.74, 6) is 0. The zero-order valence-corrected chi connectivity index (χ0v) is 8.52. The topological polar surface area (TPSA) is 22.0 Å². The van der Waals surface area contributed by atoms with Gasteiger partial charge in [-0.05, 0) is 31.4 Å². The second-order valence-corrected chi connectivity index (χ2v) is 4.21. The standard InChI is InChI=1S/C13H13NO/c15-9-11-4-1-3-10-7-8-14(13(10)11)12-5-2-6-12/h1,3-4,7-9,12H,2,5-6H2. The van der Waals surface area contributed by atoms with Crippen molar-refractivity contribution in [2.45, 2.75) is 25.3 Å². The van der Waals surface area contributed by atoms with Crippen molar-refractivity contribution in [2.24, 2.45) is 0 Å². The molecule has 1 aromatic carbocycles. The first-order valence-corrected chi connectivity index (χ1v) is 5.45. The average Bonchev–Trinajstić information content (AvgIpc) is 2.59. The molecule has 1 saturated carbocycles. The number of benzene rings is 1. The molecule has 2 heteroatoms. The van der Waals surface area contributed by atoms with Gasteiger partial charge in [-0.25, -0.2) is 0 Å². The Morgan fingerprint density at radius 1 is 1.27 bits per heavy atom. The molecule has 0 atom stereocenters. The highest BCUT2D eigenvalue weighted by atomic mass is 16.1. The van der Waals surface area contributed by atoms with Crippen LogP contribution in [0.3, 0.4) is 0 Å². The fourth-order valence-electron chi connectivity index (χ4n) is 2.31. The molecule has 0 saturated heterocycles. The van der Waals surface area contributed by atoms with Crippen LogP contribution in [0.4, 0.5) is 0 Å². The Morgan fingerprint density at radius 2 is 2.13 bits per heavy atom. The Labute approximate surface area is 88.5 Å². The summed E-state index contributed by atoms with van der Waals surface area (Å²) < 4.78 is 2.27. The molecule has 76 valence electrons. The smallest absolute Gasteiger partial charge is 0.152 e. The number of carbonyl (C=O) groups excluding carboxylic acids is 1. The quantitative estimate of drug-likeness (QED) is 0.681. The molecule has 1 aliphatic carbocycles. The lowest BCUT2D eigenvalue weighted by molar-refractivity contribution is 0.112. The molecule has 0 N–H and O–H groups in total. The van der Waals surface area contributed by atoms with E-state index in [-0.39, 0.29) is 0 Å². The highest BCUT2D eigenvalue weighted by Crippen LogP contribution is 2.35. The first-order chi connectivity index (χ1) is 7.40. The van der Waals surface area contributed by atoms with Gasteiger partial charge in [0.05, 0.1) is 5.52 Å². The molecule has 0 bridgehead atoms.